The summed E-state index contributed by atoms with van der Waals surface area (Å²) in [6.07, 6.45) is -3.24. The van der Waals surface area contributed by atoms with Crippen molar-refractivity contribution < 1.29 is 41.7 Å². The maximum Gasteiger partial charge on any atom is 0.419 e. The van der Waals surface area contributed by atoms with Gasteiger partial charge in [-0.15, -0.1) is 0 Å². The molecule has 1 N–H and O–H groups in total. The lowest BCUT2D eigenvalue weighted by molar-refractivity contribution is -0.139. The first kappa shape index (κ1) is 27.5. The number of rotatable bonds is 5. The second-order valence-electron chi connectivity index (χ2n) is 10.0. The number of halogens is 4. The molecule has 0 radical (unpaired) electrons. The lowest BCUT2D eigenvalue weighted by Gasteiger charge is -2.25. The van der Waals surface area contributed by atoms with Crippen molar-refractivity contribution in [3.8, 4) is 22.6 Å². The number of aliphatic carboxylic acids is 1. The van der Waals surface area contributed by atoms with Crippen LogP contribution in [-0.2, 0) is 30.2 Å². The first-order chi connectivity index (χ1) is 18.9. The number of hydrogen-bond donors (Lipinski definition) is 1. The second-order valence-corrected chi connectivity index (χ2v) is 10.0. The van der Waals surface area contributed by atoms with Gasteiger partial charge in [-0.1, -0.05) is 0 Å². The number of carbonyl (C=O) groups is 2. The lowest BCUT2D eigenvalue weighted by atomic mass is 9.84. The number of aryl methyl sites for hydroxylation is 1. The summed E-state index contributed by atoms with van der Waals surface area (Å²) < 4.78 is 65.8. The third kappa shape index (κ3) is 4.65. The van der Waals surface area contributed by atoms with E-state index in [1.807, 2.05) is 6.92 Å². The first-order valence-corrected chi connectivity index (χ1v) is 12.8. The molecule has 6 nitrogen and oxygen atoms in total. The summed E-state index contributed by atoms with van der Waals surface area (Å²) in [5, 5.41) is 9.69. The maximum absolute atomic E-state index is 15.3. The summed E-state index contributed by atoms with van der Waals surface area (Å²) >= 11 is 0. The third-order valence-electron chi connectivity index (χ3n) is 7.65. The van der Waals surface area contributed by atoms with Crippen molar-refractivity contribution in [2.24, 2.45) is 0 Å². The normalized spacial score (nSPS) is 14.4. The Labute approximate surface area is 228 Å². The molecule has 3 aromatic rings. The predicted octanol–water partition coefficient (Wildman–Crippen LogP) is 6.29. The fourth-order valence-electron chi connectivity index (χ4n) is 5.77. The van der Waals surface area contributed by atoms with Gasteiger partial charge in [0.05, 0.1) is 25.7 Å². The highest BCUT2D eigenvalue weighted by atomic mass is 19.4. The molecule has 0 saturated carbocycles. The zero-order valence-electron chi connectivity index (χ0n) is 22.2. The number of anilines is 1. The minimum atomic E-state index is -4.65. The van der Waals surface area contributed by atoms with Crippen molar-refractivity contribution in [2.45, 2.75) is 45.7 Å². The number of alkyl halides is 3. The maximum atomic E-state index is 15.3. The van der Waals surface area contributed by atoms with Gasteiger partial charge in [-0.05, 0) is 96.8 Å². The van der Waals surface area contributed by atoms with E-state index in [0.717, 1.165) is 42.9 Å². The van der Waals surface area contributed by atoms with Gasteiger partial charge >= 0.3 is 12.1 Å². The van der Waals surface area contributed by atoms with Gasteiger partial charge in [0.15, 0.2) is 11.6 Å². The number of carboxylic acid groups (broad SMARTS) is 1. The van der Waals surface area contributed by atoms with Crippen molar-refractivity contribution in [1.29, 1.82) is 0 Å². The number of benzene rings is 3. The van der Waals surface area contributed by atoms with E-state index in [-0.39, 0.29) is 24.3 Å². The number of amides is 1. The Balaban J connectivity index is 1.66. The molecule has 2 heterocycles. The van der Waals surface area contributed by atoms with Gasteiger partial charge in [-0.2, -0.15) is 13.2 Å². The summed E-state index contributed by atoms with van der Waals surface area (Å²) in [5.74, 6) is -2.36. The van der Waals surface area contributed by atoms with Crippen LogP contribution in [0.4, 0.5) is 23.2 Å². The zero-order valence-corrected chi connectivity index (χ0v) is 22.2. The Bertz CT molecular complexity index is 1550. The largest absolute Gasteiger partial charge is 0.496 e. The molecule has 0 saturated heterocycles. The summed E-state index contributed by atoms with van der Waals surface area (Å²) in [6, 6.07) is 6.08. The Morgan fingerprint density at radius 1 is 1.10 bits per heavy atom. The molecule has 210 valence electrons. The molecule has 0 atom stereocenters. The minimum Gasteiger partial charge on any atom is -0.496 e. The molecule has 2 aliphatic heterocycles. The number of fused-ring (bicyclic) bond motifs is 2. The number of ether oxygens (including phenoxy) is 2. The van der Waals surface area contributed by atoms with E-state index >= 15 is 4.39 Å². The lowest BCUT2D eigenvalue weighted by Crippen LogP contribution is -2.29. The predicted molar refractivity (Wildman–Crippen MR) is 140 cm³/mol. The molecular formula is C30H27F4NO5. The van der Waals surface area contributed by atoms with Gasteiger partial charge in [-0.25, -0.2) is 4.39 Å². The molecule has 10 heteroatoms. The van der Waals surface area contributed by atoms with Gasteiger partial charge in [-0.3, -0.25) is 9.59 Å². The molecule has 1 amide bonds. The van der Waals surface area contributed by atoms with Crippen LogP contribution < -0.4 is 14.4 Å². The summed E-state index contributed by atoms with van der Waals surface area (Å²) in [4.78, 5) is 26.9. The van der Waals surface area contributed by atoms with Gasteiger partial charge in [0.25, 0.3) is 5.91 Å². The molecule has 0 fully saturated rings. The fraction of sp³-hybridized carbons (Fsp3) is 0.333. The molecule has 2 aliphatic rings. The van der Waals surface area contributed by atoms with Crippen molar-refractivity contribution in [3.63, 3.8) is 0 Å². The van der Waals surface area contributed by atoms with Crippen LogP contribution in [0.15, 0.2) is 30.3 Å². The average molecular weight is 558 g/mol. The monoisotopic (exact) mass is 557 g/mol. The zero-order chi connectivity index (χ0) is 28.9. The summed E-state index contributed by atoms with van der Waals surface area (Å²) in [6.45, 7) is 4.22. The quantitative estimate of drug-likeness (QED) is 0.373. The molecule has 0 spiro atoms. The highest BCUT2D eigenvalue weighted by Crippen LogP contribution is 2.45. The molecule has 0 unspecified atom stereocenters. The van der Waals surface area contributed by atoms with Crippen LogP contribution in [-0.4, -0.2) is 37.2 Å². The molecule has 3 aromatic carbocycles. The SMILES string of the molecule is COc1cc(C(=O)N2CCc3c2cc(C)c(CC(=O)O)c3-c2cc(F)c3c(c2C)CCCO3)ccc1C(F)(F)F. The summed E-state index contributed by atoms with van der Waals surface area (Å²) in [5.41, 5.74) is 4.00. The number of nitrogens with zero attached hydrogens (tertiary/aromatic N) is 1. The Morgan fingerprint density at radius 3 is 2.52 bits per heavy atom. The van der Waals surface area contributed by atoms with Crippen LogP contribution in [0.1, 0.15) is 50.2 Å². The number of methoxy groups -OCH3 is 1. The van der Waals surface area contributed by atoms with Crippen molar-refractivity contribution in [2.75, 3.05) is 25.2 Å². The number of carbonyl (C=O) groups excluding carboxylic acids is 1. The van der Waals surface area contributed by atoms with Gasteiger partial charge < -0.3 is 19.5 Å². The van der Waals surface area contributed by atoms with Gasteiger partial charge in [0.2, 0.25) is 0 Å². The molecule has 0 aliphatic carbocycles. The Kier molecular flexibility index (Phi) is 6.97. The molecule has 5 rings (SSSR count). The van der Waals surface area contributed by atoms with Crippen LogP contribution in [0.5, 0.6) is 11.5 Å². The van der Waals surface area contributed by atoms with Crippen LogP contribution in [0, 0.1) is 19.7 Å². The van der Waals surface area contributed by atoms with Crippen LogP contribution in [0.25, 0.3) is 11.1 Å². The van der Waals surface area contributed by atoms with E-state index < -0.39 is 35.2 Å². The molecule has 0 bridgehead atoms. The summed E-state index contributed by atoms with van der Waals surface area (Å²) in [7, 11) is 1.11. The Morgan fingerprint density at radius 2 is 1.85 bits per heavy atom. The molecular weight excluding hydrogens is 530 g/mol. The molecule has 40 heavy (non-hydrogen) atoms. The first-order valence-electron chi connectivity index (χ1n) is 12.8. The van der Waals surface area contributed by atoms with Gasteiger partial charge in [0.1, 0.15) is 5.75 Å². The van der Waals surface area contributed by atoms with E-state index in [9.17, 15) is 27.9 Å². The topological polar surface area (TPSA) is 76.1 Å². The van der Waals surface area contributed by atoms with Gasteiger partial charge in [0, 0.05) is 23.4 Å². The van der Waals surface area contributed by atoms with Crippen LogP contribution >= 0.6 is 0 Å². The highest BCUT2D eigenvalue weighted by Gasteiger charge is 2.36. The fourth-order valence-corrected chi connectivity index (χ4v) is 5.77. The average Bonchev–Trinajstić information content (AvgIpc) is 3.33. The second kappa shape index (κ2) is 10.1. The number of hydrogen-bond acceptors (Lipinski definition) is 4. The third-order valence-corrected chi connectivity index (χ3v) is 7.65. The van der Waals surface area contributed by atoms with Crippen molar-refractivity contribution >= 4 is 17.6 Å². The van der Waals surface area contributed by atoms with E-state index in [1.165, 1.54) is 11.0 Å². The molecule has 0 aromatic heterocycles. The van der Waals surface area contributed by atoms with Crippen molar-refractivity contribution in [3.05, 3.63) is 75.1 Å². The smallest absolute Gasteiger partial charge is 0.419 e. The van der Waals surface area contributed by atoms with E-state index in [0.29, 0.717) is 53.0 Å². The van der Waals surface area contributed by atoms with E-state index in [4.69, 9.17) is 9.47 Å². The minimum absolute atomic E-state index is 0.0136. The highest BCUT2D eigenvalue weighted by molar-refractivity contribution is 6.08. The van der Waals surface area contributed by atoms with Crippen LogP contribution in [0.2, 0.25) is 0 Å². The standard InChI is InChI=1S/C30H27F4NO5/c1-15-11-24-19(8-9-35(24)29(38)17-6-7-22(30(32,33)34)25(12-17)39-3)27(20(15)14-26(36)37)21-13-23(31)28-18(16(21)2)5-4-10-40-28/h6-7,11-13H,4-5,8-10,14H2,1-3H3,(H,36,37). The van der Waals surface area contributed by atoms with Crippen molar-refractivity contribution in [1.82, 2.24) is 0 Å². The van der Waals surface area contributed by atoms with Crippen LogP contribution in [0.3, 0.4) is 0 Å². The van der Waals surface area contributed by atoms with E-state index in [2.05, 4.69) is 0 Å². The number of carboxylic acids is 1. The Hall–Kier alpha value is -4.08. The van der Waals surface area contributed by atoms with E-state index in [1.54, 1.807) is 13.0 Å².